The van der Waals surface area contributed by atoms with Crippen LogP contribution in [-0.2, 0) is 16.1 Å². The Morgan fingerprint density at radius 2 is 2.29 bits per heavy atom. The lowest BCUT2D eigenvalue weighted by Gasteiger charge is -2.34. The molecule has 1 saturated heterocycles. The summed E-state index contributed by atoms with van der Waals surface area (Å²) in [5.41, 5.74) is 5.89. The highest BCUT2D eigenvalue weighted by Crippen LogP contribution is 2.22. The van der Waals surface area contributed by atoms with Gasteiger partial charge in [0, 0.05) is 31.9 Å². The van der Waals surface area contributed by atoms with Crippen LogP contribution >= 0.6 is 0 Å². The van der Waals surface area contributed by atoms with Gasteiger partial charge in [-0.25, -0.2) is 4.98 Å². The molecule has 0 bridgehead atoms. The minimum Gasteiger partial charge on any atom is -0.469 e. The fourth-order valence-electron chi connectivity index (χ4n) is 2.64. The molecule has 0 aromatic carbocycles. The number of aromatic nitrogens is 2. The Morgan fingerprint density at radius 3 is 3.00 bits per heavy atom. The number of carbonyl (C=O) groups excluding carboxylic acids is 2. The van der Waals surface area contributed by atoms with Crippen molar-refractivity contribution in [2.45, 2.75) is 38.3 Å². The number of ether oxygens (including phenoxy) is 1. The van der Waals surface area contributed by atoms with E-state index < -0.39 is 0 Å². The quantitative estimate of drug-likeness (QED) is 0.794. The number of hydrogen-bond acceptors (Lipinski definition) is 5. The van der Waals surface area contributed by atoms with Crippen LogP contribution in [-0.4, -0.2) is 52.6 Å². The lowest BCUT2D eigenvalue weighted by Crippen LogP contribution is -2.45. The molecule has 0 radical (unpaired) electrons. The van der Waals surface area contributed by atoms with Crippen LogP contribution in [0.5, 0.6) is 0 Å². The lowest BCUT2D eigenvalue weighted by atomic mass is 9.99. The van der Waals surface area contributed by atoms with E-state index in [2.05, 4.69) is 4.98 Å². The molecule has 2 heterocycles. The van der Waals surface area contributed by atoms with E-state index in [-0.39, 0.29) is 24.3 Å². The minimum atomic E-state index is -0.284. The van der Waals surface area contributed by atoms with Crippen LogP contribution in [0, 0.1) is 0 Å². The van der Waals surface area contributed by atoms with Gasteiger partial charge in [-0.15, -0.1) is 0 Å². The molecule has 7 heteroatoms. The Labute approximate surface area is 124 Å². The number of carbonyl (C=O) groups is 2. The lowest BCUT2D eigenvalue weighted by molar-refractivity contribution is -0.142. The second-order valence-corrected chi connectivity index (χ2v) is 5.21. The summed E-state index contributed by atoms with van der Waals surface area (Å²) in [5.74, 6) is -0.410. The molecule has 1 amide bonds. The molecule has 1 unspecified atom stereocenters. The standard InChI is InChI=1S/C14H22N4O3/c1-21-13(19)8-11-4-2-3-6-18(11)14(20)12-9-17(7-5-15)10-16-12/h9-11H,2-8,15H2,1H3. The predicted octanol–water partition coefficient (Wildman–Crippen LogP) is 0.400. The fraction of sp³-hybridized carbons (Fsp3) is 0.643. The maximum Gasteiger partial charge on any atom is 0.307 e. The molecule has 0 aliphatic carbocycles. The zero-order valence-electron chi connectivity index (χ0n) is 12.3. The van der Waals surface area contributed by atoms with E-state index in [0.29, 0.717) is 25.3 Å². The van der Waals surface area contributed by atoms with Crippen molar-refractivity contribution >= 4 is 11.9 Å². The molecule has 1 aliphatic heterocycles. The molecular weight excluding hydrogens is 272 g/mol. The van der Waals surface area contributed by atoms with Crippen molar-refractivity contribution < 1.29 is 14.3 Å². The third kappa shape index (κ3) is 3.81. The van der Waals surface area contributed by atoms with E-state index in [1.807, 2.05) is 0 Å². The summed E-state index contributed by atoms with van der Waals surface area (Å²) in [5, 5.41) is 0. The molecule has 2 N–H and O–H groups in total. The second-order valence-electron chi connectivity index (χ2n) is 5.21. The first kappa shape index (κ1) is 15.5. The largest absolute Gasteiger partial charge is 0.469 e. The maximum atomic E-state index is 12.6. The van der Waals surface area contributed by atoms with E-state index in [4.69, 9.17) is 10.5 Å². The zero-order valence-corrected chi connectivity index (χ0v) is 12.3. The topological polar surface area (TPSA) is 90.5 Å². The summed E-state index contributed by atoms with van der Waals surface area (Å²) in [7, 11) is 1.37. The van der Waals surface area contributed by atoms with Crippen molar-refractivity contribution in [2.24, 2.45) is 5.73 Å². The average Bonchev–Trinajstić information content (AvgIpc) is 2.96. The van der Waals surface area contributed by atoms with Crippen molar-refractivity contribution in [3.63, 3.8) is 0 Å². The van der Waals surface area contributed by atoms with Gasteiger partial charge in [0.1, 0.15) is 5.69 Å². The number of imidazole rings is 1. The molecule has 1 fully saturated rings. The molecule has 1 aromatic heterocycles. The van der Waals surface area contributed by atoms with Crippen LogP contribution in [0.2, 0.25) is 0 Å². The first-order valence-electron chi connectivity index (χ1n) is 7.25. The minimum absolute atomic E-state index is 0.0987. The molecule has 116 valence electrons. The molecule has 7 nitrogen and oxygen atoms in total. The number of methoxy groups -OCH3 is 1. The highest BCUT2D eigenvalue weighted by Gasteiger charge is 2.30. The summed E-state index contributed by atoms with van der Waals surface area (Å²) in [4.78, 5) is 29.9. The van der Waals surface area contributed by atoms with Crippen molar-refractivity contribution in [1.82, 2.24) is 14.5 Å². The molecule has 21 heavy (non-hydrogen) atoms. The Kier molecular flexibility index (Phi) is 5.32. The monoisotopic (exact) mass is 294 g/mol. The van der Waals surface area contributed by atoms with Crippen LogP contribution in [0.3, 0.4) is 0 Å². The van der Waals surface area contributed by atoms with Gasteiger partial charge in [-0.05, 0) is 19.3 Å². The number of nitrogens with two attached hydrogens (primary N) is 1. The van der Waals surface area contributed by atoms with Gasteiger partial charge in [0.25, 0.3) is 5.91 Å². The Morgan fingerprint density at radius 1 is 1.48 bits per heavy atom. The van der Waals surface area contributed by atoms with Gasteiger partial charge >= 0.3 is 5.97 Å². The molecule has 2 rings (SSSR count). The van der Waals surface area contributed by atoms with Crippen molar-refractivity contribution in [2.75, 3.05) is 20.2 Å². The highest BCUT2D eigenvalue weighted by molar-refractivity contribution is 5.92. The van der Waals surface area contributed by atoms with Crippen molar-refractivity contribution in [3.05, 3.63) is 18.2 Å². The number of likely N-dealkylation sites (tertiary alicyclic amines) is 1. The second kappa shape index (κ2) is 7.21. The predicted molar refractivity (Wildman–Crippen MR) is 76.6 cm³/mol. The molecule has 1 aliphatic rings. The van der Waals surface area contributed by atoms with E-state index in [1.54, 1.807) is 22.0 Å². The SMILES string of the molecule is COC(=O)CC1CCCCN1C(=O)c1cn(CCN)cn1. The number of nitrogens with zero attached hydrogens (tertiary/aromatic N) is 3. The molecule has 0 saturated carbocycles. The summed E-state index contributed by atoms with van der Waals surface area (Å²) in [6.45, 7) is 1.79. The number of rotatable bonds is 5. The summed E-state index contributed by atoms with van der Waals surface area (Å²) < 4.78 is 6.51. The Bertz CT molecular complexity index is 500. The highest BCUT2D eigenvalue weighted by atomic mass is 16.5. The zero-order chi connectivity index (χ0) is 15.2. The van der Waals surface area contributed by atoms with Gasteiger partial charge in [0.05, 0.1) is 19.9 Å². The first-order valence-corrected chi connectivity index (χ1v) is 7.25. The van der Waals surface area contributed by atoms with Gasteiger partial charge < -0.3 is 19.9 Å². The van der Waals surface area contributed by atoms with Crippen LogP contribution in [0.1, 0.15) is 36.2 Å². The van der Waals surface area contributed by atoms with Crippen LogP contribution in [0.4, 0.5) is 0 Å². The maximum absolute atomic E-state index is 12.6. The van der Waals surface area contributed by atoms with E-state index >= 15 is 0 Å². The van der Waals surface area contributed by atoms with Crippen molar-refractivity contribution in [3.8, 4) is 0 Å². The fourth-order valence-corrected chi connectivity index (χ4v) is 2.64. The number of esters is 1. The number of amides is 1. The summed E-state index contributed by atoms with van der Waals surface area (Å²) >= 11 is 0. The van der Waals surface area contributed by atoms with Gasteiger partial charge in [-0.1, -0.05) is 0 Å². The van der Waals surface area contributed by atoms with Gasteiger partial charge in [0.15, 0.2) is 0 Å². The van der Waals surface area contributed by atoms with Gasteiger partial charge in [-0.2, -0.15) is 0 Å². The van der Waals surface area contributed by atoms with Gasteiger partial charge in [0.2, 0.25) is 0 Å². The van der Waals surface area contributed by atoms with Crippen molar-refractivity contribution in [1.29, 1.82) is 0 Å². The van der Waals surface area contributed by atoms with E-state index in [0.717, 1.165) is 19.3 Å². The molecule has 0 spiro atoms. The average molecular weight is 294 g/mol. The smallest absolute Gasteiger partial charge is 0.307 e. The van der Waals surface area contributed by atoms with Crippen LogP contribution in [0.25, 0.3) is 0 Å². The Hall–Kier alpha value is -1.89. The summed E-state index contributed by atoms with van der Waals surface area (Å²) in [6.07, 6.45) is 6.36. The first-order chi connectivity index (χ1) is 10.2. The third-order valence-corrected chi connectivity index (χ3v) is 3.76. The number of hydrogen-bond donors (Lipinski definition) is 1. The normalized spacial score (nSPS) is 18.6. The Balaban J connectivity index is 2.08. The number of piperidine rings is 1. The van der Waals surface area contributed by atoms with Crippen LogP contribution < -0.4 is 5.73 Å². The third-order valence-electron chi connectivity index (χ3n) is 3.76. The molecular formula is C14H22N4O3. The van der Waals surface area contributed by atoms with Crippen LogP contribution in [0.15, 0.2) is 12.5 Å². The van der Waals surface area contributed by atoms with Gasteiger partial charge in [-0.3, -0.25) is 9.59 Å². The molecule has 1 aromatic rings. The summed E-state index contributed by atoms with van der Waals surface area (Å²) in [6, 6.07) is -0.0987. The molecule has 1 atom stereocenters. The van der Waals surface area contributed by atoms with E-state index in [1.165, 1.54) is 7.11 Å². The van der Waals surface area contributed by atoms with E-state index in [9.17, 15) is 9.59 Å².